The third-order valence-corrected chi connectivity index (χ3v) is 3.93. The van der Waals surface area contributed by atoms with Crippen LogP contribution in [-0.2, 0) is 0 Å². The summed E-state index contributed by atoms with van der Waals surface area (Å²) < 4.78 is 10.8. The lowest BCUT2D eigenvalue weighted by Gasteiger charge is -2.04. The van der Waals surface area contributed by atoms with E-state index >= 15 is 0 Å². The van der Waals surface area contributed by atoms with Gasteiger partial charge in [-0.05, 0) is 29.2 Å². The highest BCUT2D eigenvalue weighted by molar-refractivity contribution is 5.97. The van der Waals surface area contributed by atoms with Gasteiger partial charge in [0.25, 0.3) is 0 Å². The van der Waals surface area contributed by atoms with Crippen molar-refractivity contribution in [2.45, 2.75) is 19.8 Å². The SMILES string of the molecule is COc1cccc2cc(C(=O)N/N=C\c3ccc(C(C)C)cc3)oc12. The maximum Gasteiger partial charge on any atom is 0.307 e. The molecular weight excluding hydrogens is 316 g/mol. The molecule has 1 aromatic heterocycles. The molecule has 128 valence electrons. The van der Waals surface area contributed by atoms with E-state index < -0.39 is 5.91 Å². The molecule has 5 nitrogen and oxygen atoms in total. The average molecular weight is 336 g/mol. The van der Waals surface area contributed by atoms with Gasteiger partial charge in [0.05, 0.1) is 13.3 Å². The number of rotatable bonds is 5. The van der Waals surface area contributed by atoms with Crippen molar-refractivity contribution >= 4 is 23.1 Å². The van der Waals surface area contributed by atoms with Crippen LogP contribution in [0.25, 0.3) is 11.0 Å². The topological polar surface area (TPSA) is 63.8 Å². The van der Waals surface area contributed by atoms with E-state index in [0.717, 1.165) is 10.9 Å². The summed E-state index contributed by atoms with van der Waals surface area (Å²) in [5.74, 6) is 0.848. The zero-order chi connectivity index (χ0) is 17.8. The minimum Gasteiger partial charge on any atom is -0.493 e. The van der Waals surface area contributed by atoms with E-state index in [0.29, 0.717) is 17.3 Å². The van der Waals surface area contributed by atoms with Crippen LogP contribution in [0.15, 0.2) is 58.0 Å². The van der Waals surface area contributed by atoms with Crippen molar-refractivity contribution in [1.82, 2.24) is 5.43 Å². The molecule has 3 aromatic rings. The Morgan fingerprint density at radius 3 is 2.64 bits per heavy atom. The van der Waals surface area contributed by atoms with E-state index in [2.05, 4.69) is 36.5 Å². The number of nitrogens with zero attached hydrogens (tertiary/aromatic N) is 1. The van der Waals surface area contributed by atoms with E-state index in [1.165, 1.54) is 5.56 Å². The van der Waals surface area contributed by atoms with Gasteiger partial charge in [0.1, 0.15) is 0 Å². The van der Waals surface area contributed by atoms with Crippen molar-refractivity contribution in [3.8, 4) is 5.75 Å². The summed E-state index contributed by atoms with van der Waals surface area (Å²) in [6.07, 6.45) is 1.60. The summed E-state index contributed by atoms with van der Waals surface area (Å²) in [6.45, 7) is 4.29. The largest absolute Gasteiger partial charge is 0.493 e. The first kappa shape index (κ1) is 16.8. The number of hydrazone groups is 1. The number of furan rings is 1. The molecule has 2 aromatic carbocycles. The van der Waals surface area contributed by atoms with Gasteiger partial charge in [0.2, 0.25) is 0 Å². The molecule has 0 aliphatic carbocycles. The molecule has 0 aliphatic rings. The fourth-order valence-electron chi connectivity index (χ4n) is 2.50. The van der Waals surface area contributed by atoms with E-state index in [4.69, 9.17) is 9.15 Å². The predicted octanol–water partition coefficient (Wildman–Crippen LogP) is 4.33. The van der Waals surface area contributed by atoms with E-state index in [1.807, 2.05) is 24.3 Å². The first-order valence-corrected chi connectivity index (χ1v) is 8.08. The molecule has 0 bridgehead atoms. The number of ether oxygens (including phenoxy) is 1. The second-order valence-electron chi connectivity index (χ2n) is 6.01. The van der Waals surface area contributed by atoms with E-state index in [-0.39, 0.29) is 5.76 Å². The lowest BCUT2D eigenvalue weighted by atomic mass is 10.0. The standard InChI is InChI=1S/C20H20N2O3/c1-13(2)15-9-7-14(8-10-15)12-21-22-20(23)18-11-16-5-4-6-17(24-3)19(16)25-18/h4-13H,1-3H3,(H,22,23)/b21-12-. The molecule has 0 aliphatic heterocycles. The first-order valence-electron chi connectivity index (χ1n) is 8.08. The Labute approximate surface area is 146 Å². The number of para-hydroxylation sites is 1. The number of carbonyl (C=O) groups excluding carboxylic acids is 1. The molecule has 3 rings (SSSR count). The van der Waals surface area contributed by atoms with Crippen LogP contribution in [0.4, 0.5) is 0 Å². The second kappa shape index (κ2) is 7.21. The number of benzene rings is 2. The lowest BCUT2D eigenvalue weighted by Crippen LogP contribution is -2.16. The van der Waals surface area contributed by atoms with Crippen LogP contribution in [0.5, 0.6) is 5.75 Å². The van der Waals surface area contributed by atoms with Crippen molar-refractivity contribution in [2.24, 2.45) is 5.10 Å². The minimum atomic E-state index is -0.409. The van der Waals surface area contributed by atoms with Crippen molar-refractivity contribution in [1.29, 1.82) is 0 Å². The molecule has 0 atom stereocenters. The number of nitrogens with one attached hydrogen (secondary N) is 1. The van der Waals surface area contributed by atoms with Crippen LogP contribution >= 0.6 is 0 Å². The summed E-state index contributed by atoms with van der Waals surface area (Å²) in [5, 5.41) is 4.79. The summed E-state index contributed by atoms with van der Waals surface area (Å²) in [6, 6.07) is 15.2. The predicted molar refractivity (Wildman–Crippen MR) is 98.4 cm³/mol. The average Bonchev–Trinajstić information content (AvgIpc) is 3.06. The van der Waals surface area contributed by atoms with Crippen molar-refractivity contribution in [3.05, 3.63) is 65.4 Å². The van der Waals surface area contributed by atoms with Gasteiger partial charge in [-0.1, -0.05) is 50.2 Å². The first-order chi connectivity index (χ1) is 12.1. The highest BCUT2D eigenvalue weighted by atomic mass is 16.5. The summed E-state index contributed by atoms with van der Waals surface area (Å²) in [5.41, 5.74) is 5.20. The van der Waals surface area contributed by atoms with Gasteiger partial charge in [0.15, 0.2) is 17.1 Å². The fraction of sp³-hybridized carbons (Fsp3) is 0.200. The molecule has 0 saturated heterocycles. The van der Waals surface area contributed by atoms with Crippen molar-refractivity contribution in [3.63, 3.8) is 0 Å². The Bertz CT molecular complexity index is 908. The van der Waals surface area contributed by atoms with Gasteiger partial charge < -0.3 is 9.15 Å². The third-order valence-electron chi connectivity index (χ3n) is 3.93. The van der Waals surface area contributed by atoms with Crippen LogP contribution in [0.1, 0.15) is 41.4 Å². The van der Waals surface area contributed by atoms with E-state index in [1.54, 1.807) is 25.5 Å². The Morgan fingerprint density at radius 2 is 1.96 bits per heavy atom. The van der Waals surface area contributed by atoms with Crippen molar-refractivity contribution < 1.29 is 13.9 Å². The number of carbonyl (C=O) groups is 1. The van der Waals surface area contributed by atoms with Gasteiger partial charge in [-0.25, -0.2) is 5.43 Å². The van der Waals surface area contributed by atoms with Crippen LogP contribution in [0.3, 0.4) is 0 Å². The summed E-state index contributed by atoms with van der Waals surface area (Å²) in [7, 11) is 1.56. The van der Waals surface area contributed by atoms with Gasteiger partial charge in [-0.3, -0.25) is 4.79 Å². The number of hydrogen-bond donors (Lipinski definition) is 1. The van der Waals surface area contributed by atoms with Crippen LogP contribution in [-0.4, -0.2) is 19.2 Å². The zero-order valence-electron chi connectivity index (χ0n) is 14.4. The third kappa shape index (κ3) is 3.71. The maximum atomic E-state index is 12.2. The zero-order valence-corrected chi connectivity index (χ0v) is 14.4. The number of amides is 1. The van der Waals surface area contributed by atoms with Crippen molar-refractivity contribution in [2.75, 3.05) is 7.11 Å². The highest BCUT2D eigenvalue weighted by Gasteiger charge is 2.14. The summed E-state index contributed by atoms with van der Waals surface area (Å²) in [4.78, 5) is 12.2. The fourth-order valence-corrected chi connectivity index (χ4v) is 2.50. The quantitative estimate of drug-likeness (QED) is 0.557. The molecule has 5 heteroatoms. The van der Waals surface area contributed by atoms with Crippen LogP contribution < -0.4 is 10.2 Å². The monoisotopic (exact) mass is 336 g/mol. The Kier molecular flexibility index (Phi) is 4.84. The normalized spacial score (nSPS) is 11.4. The minimum absolute atomic E-state index is 0.187. The highest BCUT2D eigenvalue weighted by Crippen LogP contribution is 2.28. The second-order valence-corrected chi connectivity index (χ2v) is 6.01. The smallest absolute Gasteiger partial charge is 0.307 e. The van der Waals surface area contributed by atoms with Crippen LogP contribution in [0, 0.1) is 0 Å². The number of hydrogen-bond acceptors (Lipinski definition) is 4. The van der Waals surface area contributed by atoms with Gasteiger partial charge in [0, 0.05) is 5.39 Å². The molecule has 0 saturated carbocycles. The molecule has 0 fully saturated rings. The maximum absolute atomic E-state index is 12.2. The van der Waals surface area contributed by atoms with Gasteiger partial charge in [-0.2, -0.15) is 5.10 Å². The summed E-state index contributed by atoms with van der Waals surface area (Å²) >= 11 is 0. The molecule has 1 N–H and O–H groups in total. The molecule has 25 heavy (non-hydrogen) atoms. The Hall–Kier alpha value is -3.08. The van der Waals surface area contributed by atoms with Gasteiger partial charge in [-0.15, -0.1) is 0 Å². The Morgan fingerprint density at radius 1 is 1.20 bits per heavy atom. The Balaban J connectivity index is 1.70. The van der Waals surface area contributed by atoms with E-state index in [9.17, 15) is 4.79 Å². The molecule has 1 heterocycles. The molecule has 1 amide bonds. The lowest BCUT2D eigenvalue weighted by molar-refractivity contribution is 0.0929. The molecule has 0 unspecified atom stereocenters. The molecule has 0 radical (unpaired) electrons. The molecular formula is C20H20N2O3. The van der Waals surface area contributed by atoms with Crippen LogP contribution in [0.2, 0.25) is 0 Å². The number of methoxy groups -OCH3 is 1. The molecule has 0 spiro atoms. The van der Waals surface area contributed by atoms with Gasteiger partial charge >= 0.3 is 5.91 Å². The number of fused-ring (bicyclic) bond motifs is 1.